The lowest BCUT2D eigenvalue weighted by Crippen LogP contribution is -2.24. The molecule has 0 amide bonds. The molecule has 15 rings (SSSR count). The van der Waals surface area contributed by atoms with E-state index in [1.165, 1.54) is 120 Å². The maximum Gasteiger partial charge on any atom is 0.139 e. The first-order chi connectivity index (χ1) is 36.4. The monoisotopic (exact) mass is 961 g/mol. The van der Waals surface area contributed by atoms with Crippen molar-refractivity contribution in [2.75, 3.05) is 4.90 Å². The lowest BCUT2D eigenvalue weighted by atomic mass is 9.74. The third-order valence-electron chi connectivity index (χ3n) is 15.8. The summed E-state index contributed by atoms with van der Waals surface area (Å²) in [5, 5.41) is 12.3. The van der Waals surface area contributed by atoms with Gasteiger partial charge >= 0.3 is 0 Å². The Hall–Kier alpha value is -8.89. The van der Waals surface area contributed by atoms with Crippen molar-refractivity contribution in [2.24, 2.45) is 0 Å². The van der Waals surface area contributed by atoms with Gasteiger partial charge in [-0.15, -0.1) is 0 Å². The van der Waals surface area contributed by atoms with Crippen LogP contribution in [0.5, 0.6) is 11.5 Å². The van der Waals surface area contributed by atoms with Gasteiger partial charge in [0.1, 0.15) is 11.5 Å². The maximum absolute atomic E-state index is 6.79. The molecule has 0 aliphatic carbocycles. The summed E-state index contributed by atoms with van der Waals surface area (Å²) >= 11 is 1.88. The minimum absolute atomic E-state index is 0.258. The minimum atomic E-state index is -0.258. The molecule has 348 valence electrons. The number of fused-ring (bicyclic) bond motifs is 11. The minimum Gasteiger partial charge on any atom is -0.456 e. The summed E-state index contributed by atoms with van der Waals surface area (Å²) in [4.78, 5) is 4.96. The lowest BCUT2D eigenvalue weighted by Gasteiger charge is -2.36. The second kappa shape index (κ2) is 16.6. The summed E-state index contributed by atoms with van der Waals surface area (Å²) in [6, 6.07) is 91.8. The van der Waals surface area contributed by atoms with Crippen LogP contribution in [0, 0.1) is 0 Å². The van der Waals surface area contributed by atoms with E-state index >= 15 is 0 Å². The second-order valence-corrected chi connectivity index (χ2v) is 21.4. The molecule has 0 N–H and O–H groups in total. The van der Waals surface area contributed by atoms with Crippen LogP contribution in [0.3, 0.4) is 0 Å². The van der Waals surface area contributed by atoms with Crippen molar-refractivity contribution < 1.29 is 4.74 Å². The summed E-state index contributed by atoms with van der Waals surface area (Å²) in [7, 11) is 0. The van der Waals surface area contributed by atoms with Crippen LogP contribution in [0.2, 0.25) is 0 Å². The van der Waals surface area contributed by atoms with Crippen LogP contribution in [-0.4, -0.2) is 0 Å². The second-order valence-electron chi connectivity index (χ2n) is 20.4. The quantitative estimate of drug-likeness (QED) is 0.160. The van der Waals surface area contributed by atoms with Crippen molar-refractivity contribution in [2.45, 2.75) is 29.1 Å². The van der Waals surface area contributed by atoms with E-state index < -0.39 is 0 Å². The van der Waals surface area contributed by atoms with Crippen LogP contribution in [0.15, 0.2) is 259 Å². The van der Waals surface area contributed by atoms with Gasteiger partial charge in [0.15, 0.2) is 0 Å². The van der Waals surface area contributed by atoms with Gasteiger partial charge in [0.05, 0.1) is 11.4 Å². The molecule has 13 aromatic carbocycles. The predicted molar refractivity (Wildman–Crippen MR) is 313 cm³/mol. The van der Waals surface area contributed by atoms with Crippen molar-refractivity contribution in [1.82, 2.24) is 0 Å². The van der Waals surface area contributed by atoms with E-state index in [9.17, 15) is 0 Å². The van der Waals surface area contributed by atoms with Crippen molar-refractivity contribution in [3.8, 4) is 56.0 Å². The molecular weight excluding hydrogens is 915 g/mol. The van der Waals surface area contributed by atoms with E-state index in [1.54, 1.807) is 0 Å². The highest BCUT2D eigenvalue weighted by atomic mass is 32.2. The molecule has 0 unspecified atom stereocenters. The largest absolute Gasteiger partial charge is 0.456 e. The topological polar surface area (TPSA) is 12.5 Å². The van der Waals surface area contributed by atoms with Crippen molar-refractivity contribution in [3.05, 3.63) is 260 Å². The van der Waals surface area contributed by atoms with Gasteiger partial charge in [-0.05, 0) is 142 Å². The molecular formula is C71H47NOS. The van der Waals surface area contributed by atoms with Gasteiger partial charge in [-0.3, -0.25) is 0 Å². The lowest BCUT2D eigenvalue weighted by molar-refractivity contribution is 0.423. The fourth-order valence-electron chi connectivity index (χ4n) is 12.3. The molecule has 0 spiro atoms. The van der Waals surface area contributed by atoms with Crippen molar-refractivity contribution >= 4 is 82.7 Å². The third kappa shape index (κ3) is 6.60. The van der Waals surface area contributed by atoms with Crippen LogP contribution in [0.25, 0.3) is 98.4 Å². The standard InChI is InChI=1S/C71H47NOS/c1-71(2)61-36-32-45-17-4-7-25-55(45)69(61)73-65-39-35-47(42-62(65)71)48-34-37-63-66(43-48)74-70-56-26-8-5-18-46(56)33-38-64(70)72(63)52-23-14-22-51(41-52)68-59-29-11-9-27-57(59)67(58-28-10-12-30-60(58)68)50-21-13-20-49(40-50)54-31-15-19-44-16-3-6-24-53(44)54/h3-43H,1-2H3. The van der Waals surface area contributed by atoms with Gasteiger partial charge in [-0.2, -0.15) is 0 Å². The highest BCUT2D eigenvalue weighted by Crippen LogP contribution is 2.56. The Balaban J connectivity index is 0.866. The van der Waals surface area contributed by atoms with Gasteiger partial charge in [0.25, 0.3) is 0 Å². The highest BCUT2D eigenvalue weighted by molar-refractivity contribution is 8.00. The molecule has 0 saturated carbocycles. The Morgan fingerprint density at radius 3 is 1.62 bits per heavy atom. The first kappa shape index (κ1) is 42.8. The molecule has 0 radical (unpaired) electrons. The van der Waals surface area contributed by atoms with Gasteiger partial charge in [-0.25, -0.2) is 0 Å². The van der Waals surface area contributed by atoms with Crippen LogP contribution in [0.4, 0.5) is 17.1 Å². The number of hydrogen-bond acceptors (Lipinski definition) is 3. The van der Waals surface area contributed by atoms with Crippen molar-refractivity contribution in [1.29, 1.82) is 0 Å². The number of rotatable bonds is 5. The molecule has 2 aliphatic heterocycles. The smallest absolute Gasteiger partial charge is 0.139 e. The molecule has 74 heavy (non-hydrogen) atoms. The number of benzene rings is 13. The Morgan fingerprint density at radius 1 is 0.365 bits per heavy atom. The summed E-state index contributed by atoms with van der Waals surface area (Å²) < 4.78 is 6.79. The van der Waals surface area contributed by atoms with Crippen LogP contribution in [0.1, 0.15) is 25.0 Å². The van der Waals surface area contributed by atoms with Gasteiger partial charge in [0.2, 0.25) is 0 Å². The van der Waals surface area contributed by atoms with Crippen LogP contribution >= 0.6 is 11.8 Å². The Morgan fingerprint density at radius 2 is 0.892 bits per heavy atom. The molecule has 0 atom stereocenters. The summed E-state index contributed by atoms with van der Waals surface area (Å²) in [6.07, 6.45) is 0. The van der Waals surface area contributed by atoms with Gasteiger partial charge in [-0.1, -0.05) is 226 Å². The van der Waals surface area contributed by atoms with E-state index in [2.05, 4.69) is 267 Å². The normalized spacial score (nSPS) is 13.4. The Bertz CT molecular complexity index is 4430. The SMILES string of the molecule is CC1(C)c2cc(-c3ccc4c(c3)Sc3c(ccc5ccccc35)N4c3cccc(-c4c5ccccc5c(-c5cccc(-c6cccc7ccccc67)c5)c5ccccc45)c3)ccc2Oc2c1ccc1ccccc21. The summed E-state index contributed by atoms with van der Waals surface area (Å²) in [5.74, 6) is 1.88. The molecule has 2 nitrogen and oxygen atoms in total. The molecule has 2 aliphatic rings. The highest BCUT2D eigenvalue weighted by Gasteiger charge is 2.36. The van der Waals surface area contributed by atoms with E-state index in [0.29, 0.717) is 0 Å². The molecule has 13 aromatic rings. The molecule has 2 heterocycles. The maximum atomic E-state index is 6.79. The fraction of sp³-hybridized carbons (Fsp3) is 0.0423. The average Bonchev–Trinajstić information content (AvgIpc) is 3.47. The zero-order valence-electron chi connectivity index (χ0n) is 40.9. The number of anilines is 3. The van der Waals surface area contributed by atoms with E-state index in [4.69, 9.17) is 4.74 Å². The van der Waals surface area contributed by atoms with E-state index in [0.717, 1.165) is 28.3 Å². The number of hydrogen-bond donors (Lipinski definition) is 0. The first-order valence-electron chi connectivity index (χ1n) is 25.6. The number of nitrogens with zero attached hydrogens (tertiary/aromatic N) is 1. The molecule has 3 heteroatoms. The molecule has 0 bridgehead atoms. The summed E-state index contributed by atoms with van der Waals surface area (Å²) in [6.45, 7) is 4.66. The summed E-state index contributed by atoms with van der Waals surface area (Å²) in [5.41, 5.74) is 15.3. The van der Waals surface area contributed by atoms with Gasteiger partial charge in [0, 0.05) is 37.4 Å². The molecule has 0 aromatic heterocycles. The zero-order valence-corrected chi connectivity index (χ0v) is 41.8. The van der Waals surface area contributed by atoms with E-state index in [1.807, 2.05) is 11.8 Å². The van der Waals surface area contributed by atoms with Gasteiger partial charge < -0.3 is 9.64 Å². The molecule has 0 saturated heterocycles. The van der Waals surface area contributed by atoms with Crippen LogP contribution in [-0.2, 0) is 5.41 Å². The predicted octanol–water partition coefficient (Wildman–Crippen LogP) is 20.5. The Kier molecular flexibility index (Phi) is 9.58. The third-order valence-corrected chi connectivity index (χ3v) is 17.0. The zero-order chi connectivity index (χ0) is 49.1. The first-order valence-corrected chi connectivity index (χ1v) is 26.4. The fourth-order valence-corrected chi connectivity index (χ4v) is 13.5. The van der Waals surface area contributed by atoms with Crippen LogP contribution < -0.4 is 9.64 Å². The average molecular weight is 962 g/mol. The molecule has 0 fully saturated rings. The number of ether oxygens (including phenoxy) is 1. The van der Waals surface area contributed by atoms with Crippen molar-refractivity contribution in [3.63, 3.8) is 0 Å². The Labute approximate surface area is 434 Å². The van der Waals surface area contributed by atoms with E-state index in [-0.39, 0.29) is 5.41 Å².